The maximum absolute atomic E-state index is 13.7. The number of Topliss-reactive ketones (excluding diaryl/α,β-unsaturated/α-hetero) is 1. The molecule has 2 heterocycles. The number of nitrogens with one attached hydrogen (secondary N) is 5. The molecule has 0 saturated heterocycles. The maximum Gasteiger partial charge on any atom is 0.538 e. The van der Waals surface area contributed by atoms with Crippen LogP contribution in [0.5, 0.6) is 0 Å². The Bertz CT molecular complexity index is 2280. The molecule has 0 aliphatic rings. The zero-order valence-electron chi connectivity index (χ0n) is 31.0. The van der Waals surface area contributed by atoms with Crippen molar-refractivity contribution in [3.05, 3.63) is 81.4 Å². The van der Waals surface area contributed by atoms with Gasteiger partial charge in [-0.25, -0.2) is 19.3 Å². The molecule has 2 amide bonds. The first-order valence-corrected chi connectivity index (χ1v) is 18.9. The summed E-state index contributed by atoms with van der Waals surface area (Å²) in [6, 6.07) is 7.17. The molecule has 4 rings (SSSR count). The number of benzene rings is 2. The van der Waals surface area contributed by atoms with Crippen LogP contribution < -0.4 is 26.8 Å². The van der Waals surface area contributed by atoms with E-state index in [1.807, 2.05) is 0 Å². The van der Waals surface area contributed by atoms with E-state index in [1.54, 1.807) is 25.2 Å². The van der Waals surface area contributed by atoms with E-state index in [4.69, 9.17) is 15.5 Å². The van der Waals surface area contributed by atoms with E-state index in [9.17, 15) is 46.8 Å². The number of nitrogens with zero attached hydrogens (tertiary/aromatic N) is 3. The molecule has 308 valence electrons. The number of H-pyrrole nitrogens is 1. The second kappa shape index (κ2) is 20.2. The zero-order valence-corrected chi connectivity index (χ0v) is 31.9. The third-order valence-electron chi connectivity index (χ3n) is 7.89. The van der Waals surface area contributed by atoms with Crippen molar-refractivity contribution < 1.29 is 55.6 Å². The molecule has 2 atom stereocenters. The number of carbonyl (C=O) groups is 4. The van der Waals surface area contributed by atoms with Crippen molar-refractivity contribution in [2.24, 2.45) is 0 Å². The van der Waals surface area contributed by atoms with Gasteiger partial charge in [0.1, 0.15) is 17.9 Å². The molecule has 0 fully saturated rings. The van der Waals surface area contributed by atoms with Gasteiger partial charge in [0.15, 0.2) is 11.2 Å². The molecular weight excluding hydrogens is 792 g/mol. The summed E-state index contributed by atoms with van der Waals surface area (Å²) in [6.45, 7) is 2.93. The van der Waals surface area contributed by atoms with E-state index in [1.165, 1.54) is 25.3 Å². The van der Waals surface area contributed by atoms with Crippen molar-refractivity contribution in [3.8, 4) is 12.5 Å². The molecule has 2 aromatic heterocycles. The van der Waals surface area contributed by atoms with Gasteiger partial charge >= 0.3 is 25.5 Å². The number of rotatable bonds is 21. The van der Waals surface area contributed by atoms with Crippen LogP contribution >= 0.6 is 7.82 Å². The van der Waals surface area contributed by atoms with Gasteiger partial charge in [-0.05, 0) is 75.6 Å². The summed E-state index contributed by atoms with van der Waals surface area (Å²) in [5.41, 5.74) is -1.74. The lowest BCUT2D eigenvalue weighted by molar-refractivity contribution is -0.139. The number of phosphoric ester groups is 1. The molecule has 4 aromatic rings. The van der Waals surface area contributed by atoms with Crippen LogP contribution in [0.2, 0.25) is 0 Å². The Morgan fingerprint density at radius 2 is 1.79 bits per heavy atom. The lowest BCUT2D eigenvalue weighted by Crippen LogP contribution is -2.41. The highest BCUT2D eigenvalue weighted by atomic mass is 31.2. The average molecular weight is 831 g/mol. The third kappa shape index (κ3) is 12.8. The number of aliphatic carboxylic acids is 1. The minimum Gasteiger partial charge on any atom is -0.480 e. The molecule has 18 nitrogen and oxygen atoms in total. The van der Waals surface area contributed by atoms with Gasteiger partial charge in [0.2, 0.25) is 5.95 Å². The number of halogens is 3. The first kappa shape index (κ1) is 44.4. The summed E-state index contributed by atoms with van der Waals surface area (Å²) >= 11 is 0. The molecule has 1 unspecified atom stereocenters. The Hall–Kier alpha value is -6.36. The molecule has 2 aromatic carbocycles. The predicted molar refractivity (Wildman–Crippen MR) is 202 cm³/mol. The van der Waals surface area contributed by atoms with Gasteiger partial charge in [-0.15, -0.1) is 0 Å². The molecule has 0 aliphatic heterocycles. The van der Waals surface area contributed by atoms with E-state index >= 15 is 0 Å². The second-order valence-corrected chi connectivity index (χ2v) is 13.8. The summed E-state index contributed by atoms with van der Waals surface area (Å²) in [5.74, 6) is -3.19. The number of unbranched alkanes of at least 4 members (excludes halogenated alkanes) is 1. The van der Waals surface area contributed by atoms with Crippen molar-refractivity contribution >= 4 is 59.9 Å². The lowest BCUT2D eigenvalue weighted by Gasteiger charge is -2.15. The number of aromatic nitrogens is 4. The highest BCUT2D eigenvalue weighted by Gasteiger charge is 2.32. The fraction of sp³-hybridized carbons (Fsp3) is 0.333. The van der Waals surface area contributed by atoms with E-state index in [-0.39, 0.29) is 85.3 Å². The van der Waals surface area contributed by atoms with Crippen molar-refractivity contribution in [2.75, 3.05) is 30.4 Å². The van der Waals surface area contributed by atoms with Crippen molar-refractivity contribution in [1.29, 1.82) is 0 Å². The van der Waals surface area contributed by atoms with Gasteiger partial charge < -0.3 is 40.7 Å². The van der Waals surface area contributed by atoms with Crippen LogP contribution in [0, 0.1) is 12.5 Å². The normalized spacial score (nSPS) is 12.8. The van der Waals surface area contributed by atoms with E-state index in [0.717, 1.165) is 12.1 Å². The molecule has 0 bridgehead atoms. The first-order chi connectivity index (χ1) is 27.5. The number of alkyl halides is 3. The largest absolute Gasteiger partial charge is 0.538 e. The molecule has 6 N–H and O–H groups in total. The number of hydrogen-bond donors (Lipinski definition) is 6. The Morgan fingerprint density at radius 3 is 2.45 bits per heavy atom. The Balaban J connectivity index is 1.41. The molecule has 0 saturated carbocycles. The van der Waals surface area contributed by atoms with E-state index in [2.05, 4.69) is 45.7 Å². The number of fused-ring (bicyclic) bond motifs is 1. The van der Waals surface area contributed by atoms with Crippen LogP contribution in [0.3, 0.4) is 0 Å². The van der Waals surface area contributed by atoms with Gasteiger partial charge in [-0.1, -0.05) is 6.42 Å². The molecule has 0 aliphatic carbocycles. The number of aromatic amines is 1. The van der Waals surface area contributed by atoms with Gasteiger partial charge in [0, 0.05) is 24.2 Å². The Kier molecular flexibility index (Phi) is 15.4. The van der Waals surface area contributed by atoms with Gasteiger partial charge in [0.05, 0.1) is 48.5 Å². The predicted octanol–water partition coefficient (Wildman–Crippen LogP) is 4.92. The second-order valence-electron chi connectivity index (χ2n) is 12.2. The standard InChI is InChI=1S/C36H38F3N8O10P/c1-4-55-58(54,56-5-2)57-17-7-6-16-40-32(50)26-14-11-23(36(37,38)39)18-28(26)45-35-46-30-29(33(51)47-35)43-25(20-42-30)19-41-24-12-9-22(10-13-24)31(49)44-27(34(52)53)15-8-21(3)48/h1,9-14,18,20,27,41H,5-8,15-17,19H2,2-3H3,(H,40,50)(H,44,49)(H,52,53)(H2,42,45,46,47,51)/t27-,58?/m0/s1. The minimum absolute atomic E-state index is 0.00500. The number of terminal acetylenes is 1. The number of phosphoric acid groups is 1. The lowest BCUT2D eigenvalue weighted by atomic mass is 10.1. The molecule has 58 heavy (non-hydrogen) atoms. The highest BCUT2D eigenvalue weighted by Crippen LogP contribution is 2.49. The highest BCUT2D eigenvalue weighted by molar-refractivity contribution is 7.48. The van der Waals surface area contributed by atoms with Crippen LogP contribution in [0.25, 0.3) is 11.2 Å². The van der Waals surface area contributed by atoms with Gasteiger partial charge in [-0.2, -0.15) is 18.2 Å². The van der Waals surface area contributed by atoms with Crippen LogP contribution in [0.15, 0.2) is 53.5 Å². The number of anilines is 3. The van der Waals surface area contributed by atoms with Crippen molar-refractivity contribution in [2.45, 2.75) is 58.3 Å². The molecule has 22 heteroatoms. The molecular formula is C36H38F3N8O10P. The van der Waals surface area contributed by atoms with E-state index < -0.39 is 48.9 Å². The average Bonchev–Trinajstić information content (AvgIpc) is 3.16. The third-order valence-corrected chi connectivity index (χ3v) is 9.29. The fourth-order valence-corrected chi connectivity index (χ4v) is 6.02. The van der Waals surface area contributed by atoms with Crippen LogP contribution in [-0.2, 0) is 40.4 Å². The summed E-state index contributed by atoms with van der Waals surface area (Å²) < 4.78 is 67.8. The number of hydrogen-bond acceptors (Lipinski definition) is 14. The molecule has 0 radical (unpaired) electrons. The smallest absolute Gasteiger partial charge is 0.480 e. The number of carboxylic acids is 1. The van der Waals surface area contributed by atoms with Crippen molar-refractivity contribution in [3.63, 3.8) is 0 Å². The first-order valence-electron chi connectivity index (χ1n) is 17.4. The van der Waals surface area contributed by atoms with Crippen LogP contribution in [-0.4, -0.2) is 74.4 Å². The van der Waals surface area contributed by atoms with Gasteiger partial charge in [0.25, 0.3) is 11.8 Å². The minimum atomic E-state index is -4.77. The topological polar surface area (TPSA) is 253 Å². The summed E-state index contributed by atoms with van der Waals surface area (Å²) in [7, 11) is -3.94. The van der Waals surface area contributed by atoms with Crippen LogP contribution in [0.1, 0.15) is 71.5 Å². The Morgan fingerprint density at radius 1 is 1.05 bits per heavy atom. The number of amides is 2. The Labute approximate surface area is 328 Å². The summed E-state index contributed by atoms with van der Waals surface area (Å²) in [6.07, 6.45) is 3.84. The van der Waals surface area contributed by atoms with E-state index in [0.29, 0.717) is 23.9 Å². The number of ketones is 1. The zero-order chi connectivity index (χ0) is 42.5. The summed E-state index contributed by atoms with van der Waals surface area (Å²) in [5, 5.41) is 20.0. The van der Waals surface area contributed by atoms with Gasteiger partial charge in [-0.3, -0.25) is 23.4 Å². The number of carbonyl (C=O) groups excluding carboxylic acids is 3. The maximum atomic E-state index is 13.7. The van der Waals surface area contributed by atoms with Crippen LogP contribution in [0.4, 0.5) is 30.5 Å². The summed E-state index contributed by atoms with van der Waals surface area (Å²) in [4.78, 5) is 76.4. The fourth-order valence-electron chi connectivity index (χ4n) is 5.05. The van der Waals surface area contributed by atoms with Crippen molar-refractivity contribution in [1.82, 2.24) is 30.6 Å². The quantitative estimate of drug-likeness (QED) is 0.0370. The SMILES string of the molecule is C#COP(=O)(OCC)OCCCCNC(=O)c1ccc(C(F)(F)F)cc1Nc1nc(=O)c2nc(CNc3ccc(C(=O)N[C@@H](CCC(C)=O)C(=O)O)cc3)cnc2[nH]1. The number of carboxylic acid groups (broad SMARTS) is 1. The monoisotopic (exact) mass is 830 g/mol. The molecule has 0 spiro atoms.